The van der Waals surface area contributed by atoms with Crippen molar-refractivity contribution < 1.29 is 14.3 Å². The lowest BCUT2D eigenvalue weighted by atomic mass is 10.1. The maximum absolute atomic E-state index is 13.7. The number of fused-ring (bicyclic) bond motifs is 2. The summed E-state index contributed by atoms with van der Waals surface area (Å²) in [4.78, 5) is 38.1. The van der Waals surface area contributed by atoms with Crippen LogP contribution in [-0.2, 0) is 11.3 Å². The van der Waals surface area contributed by atoms with Gasteiger partial charge >= 0.3 is 0 Å². The van der Waals surface area contributed by atoms with Gasteiger partial charge in [-0.1, -0.05) is 36.1 Å². The Kier molecular flexibility index (Phi) is 6.58. The summed E-state index contributed by atoms with van der Waals surface area (Å²) in [7, 11) is 0. The number of benzene rings is 1. The number of aromatic nitrogens is 2. The molecule has 38 heavy (non-hydrogen) atoms. The second-order valence-corrected chi connectivity index (χ2v) is 11.1. The molecular weight excluding hydrogens is 522 g/mol. The van der Waals surface area contributed by atoms with Crippen molar-refractivity contribution in [2.24, 2.45) is 0 Å². The highest BCUT2D eigenvalue weighted by Crippen LogP contribution is 2.34. The van der Waals surface area contributed by atoms with E-state index in [4.69, 9.17) is 26.7 Å². The highest BCUT2D eigenvalue weighted by atomic mass is 32.2. The quantitative estimate of drug-likeness (QED) is 0.352. The highest BCUT2D eigenvalue weighted by molar-refractivity contribution is 8.26. The van der Waals surface area contributed by atoms with Gasteiger partial charge in [-0.15, -0.1) is 0 Å². The van der Waals surface area contributed by atoms with E-state index in [1.807, 2.05) is 38.1 Å². The lowest BCUT2D eigenvalue weighted by molar-refractivity contribution is -0.121. The molecule has 11 heteroatoms. The summed E-state index contributed by atoms with van der Waals surface area (Å²) in [5, 5.41) is 0. The summed E-state index contributed by atoms with van der Waals surface area (Å²) >= 11 is 6.62. The predicted octanol–water partition coefficient (Wildman–Crippen LogP) is 3.27. The largest absolute Gasteiger partial charge is 0.454 e. The second-order valence-electron chi connectivity index (χ2n) is 9.47. The van der Waals surface area contributed by atoms with E-state index in [1.165, 1.54) is 17.3 Å². The Balaban J connectivity index is 1.29. The number of rotatable bonds is 5. The van der Waals surface area contributed by atoms with Crippen molar-refractivity contribution in [3.8, 4) is 11.5 Å². The molecule has 2 fully saturated rings. The van der Waals surface area contributed by atoms with Gasteiger partial charge in [-0.3, -0.25) is 23.8 Å². The molecule has 2 aromatic heterocycles. The van der Waals surface area contributed by atoms with Gasteiger partial charge in [-0.05, 0) is 49.2 Å². The first-order valence-corrected chi connectivity index (χ1v) is 13.8. The number of carbonyl (C=O) groups is 1. The van der Waals surface area contributed by atoms with E-state index >= 15 is 0 Å². The minimum absolute atomic E-state index is 0.171. The minimum Gasteiger partial charge on any atom is -0.454 e. The van der Waals surface area contributed by atoms with Crippen molar-refractivity contribution in [2.75, 3.05) is 44.4 Å². The fourth-order valence-electron chi connectivity index (χ4n) is 4.93. The van der Waals surface area contributed by atoms with Crippen molar-refractivity contribution in [3.63, 3.8) is 0 Å². The number of thioether (sulfide) groups is 1. The van der Waals surface area contributed by atoms with Gasteiger partial charge in [0.25, 0.3) is 11.5 Å². The van der Waals surface area contributed by atoms with Crippen LogP contribution in [0.25, 0.3) is 11.7 Å². The zero-order valence-corrected chi connectivity index (χ0v) is 22.8. The molecule has 5 heterocycles. The monoisotopic (exact) mass is 549 g/mol. The Bertz CT molecular complexity index is 1540. The van der Waals surface area contributed by atoms with Crippen LogP contribution in [0.5, 0.6) is 11.5 Å². The van der Waals surface area contributed by atoms with Gasteiger partial charge in [-0.25, -0.2) is 4.98 Å². The van der Waals surface area contributed by atoms with Crippen LogP contribution < -0.4 is 19.9 Å². The summed E-state index contributed by atoms with van der Waals surface area (Å²) in [5.41, 5.74) is 2.91. The zero-order chi connectivity index (χ0) is 26.4. The third-order valence-electron chi connectivity index (χ3n) is 6.97. The first kappa shape index (κ1) is 24.9. The first-order valence-electron chi connectivity index (χ1n) is 12.6. The zero-order valence-electron chi connectivity index (χ0n) is 21.2. The van der Waals surface area contributed by atoms with Crippen LogP contribution in [0, 0.1) is 6.92 Å². The van der Waals surface area contributed by atoms with E-state index in [0.717, 1.165) is 36.7 Å². The van der Waals surface area contributed by atoms with Crippen molar-refractivity contribution in [2.45, 2.75) is 20.4 Å². The molecule has 1 aromatic carbocycles. The fraction of sp³-hybridized carbons (Fsp3) is 0.333. The molecule has 0 spiro atoms. The summed E-state index contributed by atoms with van der Waals surface area (Å²) in [6.07, 6.45) is 3.46. The molecule has 196 valence electrons. The summed E-state index contributed by atoms with van der Waals surface area (Å²) in [6.45, 7) is 8.40. The van der Waals surface area contributed by atoms with E-state index in [2.05, 4.69) is 15.9 Å². The lowest BCUT2D eigenvalue weighted by Gasteiger charge is -2.36. The normalized spacial score (nSPS) is 18.8. The van der Waals surface area contributed by atoms with E-state index < -0.39 is 0 Å². The molecule has 0 unspecified atom stereocenters. The average molecular weight is 550 g/mol. The number of amides is 1. The molecule has 0 aliphatic carbocycles. The minimum atomic E-state index is -0.196. The van der Waals surface area contributed by atoms with Crippen molar-refractivity contribution >= 4 is 51.7 Å². The smallest absolute Gasteiger partial charge is 0.267 e. The van der Waals surface area contributed by atoms with Gasteiger partial charge in [-0.2, -0.15) is 0 Å². The number of aryl methyl sites for hydroxylation is 1. The van der Waals surface area contributed by atoms with Gasteiger partial charge in [0.1, 0.15) is 15.8 Å². The molecule has 0 bridgehead atoms. The Morgan fingerprint density at radius 3 is 2.63 bits per heavy atom. The van der Waals surface area contributed by atoms with Crippen LogP contribution in [-0.4, -0.2) is 68.9 Å². The molecule has 6 rings (SSSR count). The lowest BCUT2D eigenvalue weighted by Crippen LogP contribution is -2.47. The molecule has 3 aromatic rings. The van der Waals surface area contributed by atoms with Crippen molar-refractivity contribution in [3.05, 3.63) is 68.5 Å². The van der Waals surface area contributed by atoms with Crippen molar-refractivity contribution in [1.82, 2.24) is 19.2 Å². The number of anilines is 1. The number of hydrogen-bond acceptors (Lipinski definition) is 9. The van der Waals surface area contributed by atoms with Crippen molar-refractivity contribution in [1.29, 1.82) is 0 Å². The van der Waals surface area contributed by atoms with Gasteiger partial charge < -0.3 is 14.4 Å². The van der Waals surface area contributed by atoms with Crippen LogP contribution in [0.15, 0.2) is 46.2 Å². The van der Waals surface area contributed by atoms with Gasteiger partial charge in [0.15, 0.2) is 11.5 Å². The van der Waals surface area contributed by atoms with Gasteiger partial charge in [0.05, 0.1) is 10.5 Å². The van der Waals surface area contributed by atoms with Crippen LogP contribution in [0.3, 0.4) is 0 Å². The molecule has 0 atom stereocenters. The van der Waals surface area contributed by atoms with Gasteiger partial charge in [0.2, 0.25) is 6.79 Å². The first-order chi connectivity index (χ1) is 18.4. The molecule has 1 amide bonds. The molecule has 0 N–H and O–H groups in total. The Hall–Kier alpha value is -3.41. The number of thiocarbonyl (C=S) groups is 1. The van der Waals surface area contributed by atoms with Crippen LogP contribution in [0.2, 0.25) is 0 Å². The summed E-state index contributed by atoms with van der Waals surface area (Å²) in [5.74, 6) is 2.00. The molecule has 0 radical (unpaired) electrons. The molecule has 9 nitrogen and oxygen atoms in total. The third kappa shape index (κ3) is 4.55. The number of pyridine rings is 1. The maximum atomic E-state index is 13.7. The fourth-order valence-corrected chi connectivity index (χ4v) is 6.30. The van der Waals surface area contributed by atoms with Gasteiger partial charge in [0, 0.05) is 45.5 Å². The molecule has 3 aliphatic heterocycles. The second kappa shape index (κ2) is 10.0. The third-order valence-corrected chi connectivity index (χ3v) is 8.34. The van der Waals surface area contributed by atoms with E-state index in [1.54, 1.807) is 21.6 Å². The Morgan fingerprint density at radius 2 is 1.87 bits per heavy atom. The predicted molar refractivity (Wildman–Crippen MR) is 152 cm³/mol. The molecule has 3 aliphatic rings. The number of hydrogen-bond donors (Lipinski definition) is 0. The summed E-state index contributed by atoms with van der Waals surface area (Å²) in [6, 6.07) is 9.86. The SMILES string of the molecule is CCN1C(=O)/C(=C/c2c(N3CCN(Cc4ccc5c(c4)OCO5)CC3)nc3ccc(C)cn3c2=O)SC1=S. The standard InChI is InChI=1S/C27H27N5O4S2/c1-3-31-26(34)22(38-27(31)37)13-19-24(28-23-7-4-17(2)14-32(23)25(19)33)30-10-8-29(9-11-30)15-18-5-6-20-21(12-18)36-16-35-20/h4-7,12-14H,3,8-11,15-16H2,1-2H3/b22-13-. The van der Waals surface area contributed by atoms with E-state index in [0.29, 0.717) is 45.9 Å². The molecule has 2 saturated heterocycles. The number of piperazine rings is 1. The Morgan fingerprint density at radius 1 is 1.08 bits per heavy atom. The van der Waals surface area contributed by atoms with Crippen LogP contribution >= 0.6 is 24.0 Å². The molecular formula is C27H27N5O4S2. The average Bonchev–Trinajstić information content (AvgIpc) is 3.49. The topological polar surface area (TPSA) is 79.6 Å². The number of ether oxygens (including phenoxy) is 2. The highest BCUT2D eigenvalue weighted by Gasteiger charge is 2.32. The van der Waals surface area contributed by atoms with Crippen LogP contribution in [0.4, 0.5) is 5.82 Å². The van der Waals surface area contributed by atoms with Crippen LogP contribution in [0.1, 0.15) is 23.6 Å². The summed E-state index contributed by atoms with van der Waals surface area (Å²) < 4.78 is 13.0. The maximum Gasteiger partial charge on any atom is 0.267 e. The molecule has 0 saturated carbocycles. The number of likely N-dealkylation sites (N-methyl/N-ethyl adjacent to an activating group) is 1. The Labute approximate surface area is 229 Å². The number of carbonyl (C=O) groups excluding carboxylic acids is 1. The van der Waals surface area contributed by atoms with E-state index in [-0.39, 0.29) is 18.3 Å². The number of nitrogens with zero attached hydrogens (tertiary/aromatic N) is 5. The van der Waals surface area contributed by atoms with E-state index in [9.17, 15) is 9.59 Å².